The molecular formula is C12H13Cl2N3. The molecule has 0 aliphatic heterocycles. The lowest BCUT2D eigenvalue weighted by molar-refractivity contribution is 0.756. The lowest BCUT2D eigenvalue weighted by Crippen LogP contribution is -2.13. The smallest absolute Gasteiger partial charge is 0.0644 e. The zero-order valence-corrected chi connectivity index (χ0v) is 11.1. The molecule has 1 unspecified atom stereocenters. The normalized spacial score (nSPS) is 12.8. The number of nitrogens with two attached hydrogens (primary N) is 1. The van der Waals surface area contributed by atoms with Crippen LogP contribution in [0.2, 0.25) is 10.0 Å². The molecule has 1 aromatic carbocycles. The molecule has 2 aromatic rings. The Morgan fingerprint density at radius 2 is 2.00 bits per heavy atom. The minimum Gasteiger partial charge on any atom is -0.320 e. The predicted molar refractivity (Wildman–Crippen MR) is 70.4 cm³/mol. The summed E-state index contributed by atoms with van der Waals surface area (Å²) in [6, 6.07) is 5.16. The van der Waals surface area contributed by atoms with Crippen LogP contribution in [0.3, 0.4) is 0 Å². The van der Waals surface area contributed by atoms with Crippen LogP contribution in [-0.2, 0) is 7.05 Å². The van der Waals surface area contributed by atoms with Gasteiger partial charge in [-0.15, -0.1) is 0 Å². The van der Waals surface area contributed by atoms with Gasteiger partial charge in [0.1, 0.15) is 0 Å². The molecule has 0 saturated carbocycles. The Kier molecular flexibility index (Phi) is 3.43. The fraction of sp³-hybridized carbons (Fsp3) is 0.250. The van der Waals surface area contributed by atoms with E-state index in [2.05, 4.69) is 5.10 Å². The molecule has 0 amide bonds. The van der Waals surface area contributed by atoms with Crippen LogP contribution in [0.25, 0.3) is 0 Å². The second kappa shape index (κ2) is 4.69. The minimum atomic E-state index is -0.310. The quantitative estimate of drug-likeness (QED) is 0.911. The van der Waals surface area contributed by atoms with E-state index in [0.29, 0.717) is 10.0 Å². The van der Waals surface area contributed by atoms with Gasteiger partial charge in [0.15, 0.2) is 0 Å². The molecule has 0 saturated heterocycles. The van der Waals surface area contributed by atoms with Crippen LogP contribution in [0.1, 0.15) is 22.9 Å². The largest absolute Gasteiger partial charge is 0.320 e. The van der Waals surface area contributed by atoms with E-state index >= 15 is 0 Å². The van der Waals surface area contributed by atoms with E-state index in [1.54, 1.807) is 10.7 Å². The molecule has 90 valence electrons. The van der Waals surface area contributed by atoms with Crippen molar-refractivity contribution in [3.8, 4) is 0 Å². The molecule has 0 bridgehead atoms. The summed E-state index contributed by atoms with van der Waals surface area (Å²) in [6.45, 7) is 1.92. The van der Waals surface area contributed by atoms with E-state index in [-0.39, 0.29) is 6.04 Å². The predicted octanol–water partition coefficient (Wildman–Crippen LogP) is 3.08. The van der Waals surface area contributed by atoms with Gasteiger partial charge < -0.3 is 5.73 Å². The van der Waals surface area contributed by atoms with Crippen molar-refractivity contribution in [2.24, 2.45) is 12.8 Å². The molecule has 17 heavy (non-hydrogen) atoms. The Bertz CT molecular complexity index is 549. The van der Waals surface area contributed by atoms with Crippen molar-refractivity contribution in [2.75, 3.05) is 0 Å². The Morgan fingerprint density at radius 3 is 2.59 bits per heavy atom. The topological polar surface area (TPSA) is 43.8 Å². The van der Waals surface area contributed by atoms with Crippen molar-refractivity contribution in [1.82, 2.24) is 9.78 Å². The average Bonchev–Trinajstić information content (AvgIpc) is 2.61. The van der Waals surface area contributed by atoms with Crippen molar-refractivity contribution in [3.63, 3.8) is 0 Å². The molecule has 2 N–H and O–H groups in total. The third-order valence-electron chi connectivity index (χ3n) is 2.70. The molecule has 1 atom stereocenters. The summed E-state index contributed by atoms with van der Waals surface area (Å²) in [5.41, 5.74) is 8.87. The van der Waals surface area contributed by atoms with E-state index in [1.807, 2.05) is 32.3 Å². The number of nitrogens with zero attached hydrogens (tertiary/aromatic N) is 2. The monoisotopic (exact) mass is 269 g/mol. The molecule has 0 spiro atoms. The zero-order valence-electron chi connectivity index (χ0n) is 9.61. The average molecular weight is 270 g/mol. The zero-order chi connectivity index (χ0) is 12.6. The van der Waals surface area contributed by atoms with Crippen molar-refractivity contribution >= 4 is 23.2 Å². The van der Waals surface area contributed by atoms with Crippen LogP contribution in [0.5, 0.6) is 0 Å². The first kappa shape index (κ1) is 12.4. The van der Waals surface area contributed by atoms with E-state index in [4.69, 9.17) is 28.9 Å². The standard InChI is InChI=1S/C12H13Cl2N3/c1-7-9(6-17(2)16-7)12(15)8-4-3-5-10(13)11(8)14/h3-6,12H,15H2,1-2H3. The second-order valence-corrected chi connectivity index (χ2v) is 4.75. The van der Waals surface area contributed by atoms with Crippen molar-refractivity contribution in [1.29, 1.82) is 0 Å². The summed E-state index contributed by atoms with van der Waals surface area (Å²) < 4.78 is 1.74. The van der Waals surface area contributed by atoms with Gasteiger partial charge >= 0.3 is 0 Å². The highest BCUT2D eigenvalue weighted by atomic mass is 35.5. The van der Waals surface area contributed by atoms with Gasteiger partial charge in [0.05, 0.1) is 21.8 Å². The van der Waals surface area contributed by atoms with Crippen LogP contribution in [-0.4, -0.2) is 9.78 Å². The first-order valence-electron chi connectivity index (χ1n) is 5.20. The molecule has 0 aliphatic rings. The van der Waals surface area contributed by atoms with E-state index < -0.39 is 0 Å². The summed E-state index contributed by atoms with van der Waals surface area (Å²) in [7, 11) is 1.86. The van der Waals surface area contributed by atoms with Crippen molar-refractivity contribution < 1.29 is 0 Å². The maximum Gasteiger partial charge on any atom is 0.0644 e. The SMILES string of the molecule is Cc1nn(C)cc1C(N)c1cccc(Cl)c1Cl. The van der Waals surface area contributed by atoms with Gasteiger partial charge in [-0.2, -0.15) is 5.10 Å². The van der Waals surface area contributed by atoms with Gasteiger partial charge in [-0.1, -0.05) is 35.3 Å². The lowest BCUT2D eigenvalue weighted by atomic mass is 10.0. The van der Waals surface area contributed by atoms with Crippen molar-refractivity contribution in [3.05, 3.63) is 51.3 Å². The van der Waals surface area contributed by atoms with Gasteiger partial charge in [-0.05, 0) is 18.6 Å². The van der Waals surface area contributed by atoms with Gasteiger partial charge in [-0.3, -0.25) is 4.68 Å². The number of aryl methyl sites for hydroxylation is 2. The highest BCUT2D eigenvalue weighted by molar-refractivity contribution is 6.42. The maximum absolute atomic E-state index is 6.20. The Morgan fingerprint density at radius 1 is 1.29 bits per heavy atom. The number of benzene rings is 1. The first-order valence-corrected chi connectivity index (χ1v) is 5.96. The third-order valence-corrected chi connectivity index (χ3v) is 3.54. The molecule has 0 aliphatic carbocycles. The Balaban J connectivity index is 2.47. The van der Waals surface area contributed by atoms with Crippen LogP contribution >= 0.6 is 23.2 Å². The fourth-order valence-electron chi connectivity index (χ4n) is 1.85. The summed E-state index contributed by atoms with van der Waals surface area (Å²) >= 11 is 12.1. The highest BCUT2D eigenvalue weighted by Gasteiger charge is 2.17. The molecule has 5 heteroatoms. The summed E-state index contributed by atoms with van der Waals surface area (Å²) in [6.07, 6.45) is 1.90. The molecule has 1 heterocycles. The van der Waals surface area contributed by atoms with Gasteiger partial charge in [0.25, 0.3) is 0 Å². The molecule has 0 fully saturated rings. The van der Waals surface area contributed by atoms with Crippen LogP contribution in [0.15, 0.2) is 24.4 Å². The van der Waals surface area contributed by atoms with Crippen LogP contribution in [0.4, 0.5) is 0 Å². The van der Waals surface area contributed by atoms with E-state index in [1.165, 1.54) is 0 Å². The summed E-state index contributed by atoms with van der Waals surface area (Å²) in [4.78, 5) is 0. The highest BCUT2D eigenvalue weighted by Crippen LogP contribution is 2.32. The fourth-order valence-corrected chi connectivity index (χ4v) is 2.28. The molecule has 3 nitrogen and oxygen atoms in total. The third kappa shape index (κ3) is 2.32. The Hall–Kier alpha value is -1.03. The molecule has 2 rings (SSSR count). The first-order chi connectivity index (χ1) is 8.00. The lowest BCUT2D eigenvalue weighted by Gasteiger charge is -2.13. The van der Waals surface area contributed by atoms with Gasteiger partial charge in [-0.25, -0.2) is 0 Å². The second-order valence-electron chi connectivity index (χ2n) is 3.96. The van der Waals surface area contributed by atoms with Gasteiger partial charge in [0, 0.05) is 18.8 Å². The Labute approximate surface area is 110 Å². The minimum absolute atomic E-state index is 0.310. The molecule has 0 radical (unpaired) electrons. The number of halogens is 2. The number of hydrogen-bond donors (Lipinski definition) is 1. The number of rotatable bonds is 2. The van der Waals surface area contributed by atoms with Gasteiger partial charge in [0.2, 0.25) is 0 Å². The summed E-state index contributed by atoms with van der Waals surface area (Å²) in [5, 5.41) is 5.29. The molecular weight excluding hydrogens is 257 g/mol. The van der Waals surface area contributed by atoms with Crippen LogP contribution in [0, 0.1) is 6.92 Å². The maximum atomic E-state index is 6.20. The summed E-state index contributed by atoms with van der Waals surface area (Å²) in [5.74, 6) is 0. The van der Waals surface area contributed by atoms with Crippen LogP contribution < -0.4 is 5.73 Å². The van der Waals surface area contributed by atoms with Crippen molar-refractivity contribution in [2.45, 2.75) is 13.0 Å². The number of aromatic nitrogens is 2. The molecule has 1 aromatic heterocycles. The van der Waals surface area contributed by atoms with E-state index in [0.717, 1.165) is 16.8 Å². The number of hydrogen-bond acceptors (Lipinski definition) is 2. The van der Waals surface area contributed by atoms with E-state index in [9.17, 15) is 0 Å².